The van der Waals surface area contributed by atoms with Gasteiger partial charge in [-0.15, -0.1) is 0 Å². The fourth-order valence-corrected chi connectivity index (χ4v) is 1.72. The van der Waals surface area contributed by atoms with Gasteiger partial charge in [-0.3, -0.25) is 4.55 Å². The van der Waals surface area contributed by atoms with E-state index in [1.165, 1.54) is 12.1 Å². The Hall–Kier alpha value is -2.13. The van der Waals surface area contributed by atoms with E-state index < -0.39 is 22.2 Å². The Morgan fingerprint density at radius 2 is 1.47 bits per heavy atom. The Kier molecular flexibility index (Phi) is 2.48. The predicted octanol–water partition coefficient (Wildman–Crippen LogP) is 1.45. The Labute approximate surface area is 95.3 Å². The van der Waals surface area contributed by atoms with Gasteiger partial charge in [0.1, 0.15) is 0 Å². The molecule has 0 aliphatic carbocycles. The number of benzene rings is 1. The number of hydrogen-bond acceptors (Lipinski definition) is 4. The monoisotopic (exact) mass is 255 g/mol. The lowest BCUT2D eigenvalue weighted by Crippen LogP contribution is -2.27. The number of rotatable bonds is 2. The highest BCUT2D eigenvalue weighted by molar-refractivity contribution is 7.85. The molecule has 2 rings (SSSR count). The molecule has 4 amide bonds. The molecular formula is C8H5N3O5S. The molecule has 9 heteroatoms. The van der Waals surface area contributed by atoms with Crippen LogP contribution in [0.3, 0.4) is 0 Å². The lowest BCUT2D eigenvalue weighted by Gasteiger charge is -2.10. The molecule has 1 aliphatic heterocycles. The number of imide groups is 1. The number of anilines is 1. The van der Waals surface area contributed by atoms with Crippen molar-refractivity contribution in [3.05, 3.63) is 24.3 Å². The van der Waals surface area contributed by atoms with Gasteiger partial charge in [-0.2, -0.15) is 8.42 Å². The fourth-order valence-electron chi connectivity index (χ4n) is 1.24. The Morgan fingerprint density at radius 1 is 1.00 bits per heavy atom. The SMILES string of the molecule is O=C1N=NC(=O)N1c1ccc(S(=O)(=O)O)cc1. The molecule has 1 aliphatic rings. The first-order valence-corrected chi connectivity index (χ1v) is 5.71. The Bertz CT molecular complexity index is 601. The average Bonchev–Trinajstić information content (AvgIpc) is 2.58. The van der Waals surface area contributed by atoms with Gasteiger partial charge in [0.25, 0.3) is 10.1 Å². The molecule has 17 heavy (non-hydrogen) atoms. The van der Waals surface area contributed by atoms with E-state index in [0.717, 1.165) is 12.1 Å². The first-order valence-electron chi connectivity index (χ1n) is 4.27. The lowest BCUT2D eigenvalue weighted by molar-refractivity contribution is 0.249. The normalized spacial score (nSPS) is 15.7. The van der Waals surface area contributed by atoms with Crippen molar-refractivity contribution in [1.82, 2.24) is 0 Å². The molecule has 1 aromatic rings. The van der Waals surface area contributed by atoms with Gasteiger partial charge in [-0.05, 0) is 24.3 Å². The van der Waals surface area contributed by atoms with Crippen LogP contribution in [0.1, 0.15) is 0 Å². The Morgan fingerprint density at radius 3 is 1.88 bits per heavy atom. The van der Waals surface area contributed by atoms with Crippen LogP contribution in [0.25, 0.3) is 0 Å². The van der Waals surface area contributed by atoms with Crippen LogP contribution in [-0.4, -0.2) is 25.0 Å². The summed E-state index contributed by atoms with van der Waals surface area (Å²) in [5.41, 5.74) is 0.123. The topological polar surface area (TPSA) is 116 Å². The highest BCUT2D eigenvalue weighted by atomic mass is 32.2. The summed E-state index contributed by atoms with van der Waals surface area (Å²) < 4.78 is 30.3. The molecule has 1 N–H and O–H groups in total. The first kappa shape index (κ1) is 11.4. The summed E-state index contributed by atoms with van der Waals surface area (Å²) in [6.45, 7) is 0. The number of nitrogens with zero attached hydrogens (tertiary/aromatic N) is 3. The second-order valence-corrected chi connectivity index (χ2v) is 4.49. The number of carbonyl (C=O) groups is 2. The van der Waals surface area contributed by atoms with Crippen molar-refractivity contribution in [2.24, 2.45) is 10.2 Å². The molecule has 0 saturated heterocycles. The summed E-state index contributed by atoms with van der Waals surface area (Å²) in [7, 11) is -4.31. The maximum absolute atomic E-state index is 11.1. The van der Waals surface area contributed by atoms with Crippen LogP contribution in [0.15, 0.2) is 39.4 Å². The van der Waals surface area contributed by atoms with Crippen molar-refractivity contribution in [3.63, 3.8) is 0 Å². The van der Waals surface area contributed by atoms with Gasteiger partial charge >= 0.3 is 12.1 Å². The van der Waals surface area contributed by atoms with E-state index in [4.69, 9.17) is 4.55 Å². The number of azo groups is 1. The van der Waals surface area contributed by atoms with Crippen LogP contribution < -0.4 is 4.90 Å². The largest absolute Gasteiger partial charge is 0.375 e. The average molecular weight is 255 g/mol. The second kappa shape index (κ2) is 3.71. The molecule has 0 radical (unpaired) electrons. The minimum absolute atomic E-state index is 0.123. The van der Waals surface area contributed by atoms with Crippen molar-refractivity contribution in [2.45, 2.75) is 4.90 Å². The standard InChI is InChI=1S/C8H5N3O5S/c12-7-9-10-8(13)11(7)5-1-3-6(4-2-5)17(14,15)16/h1-4H,(H,14,15,16). The van der Waals surface area contributed by atoms with Crippen LogP contribution in [-0.2, 0) is 10.1 Å². The zero-order chi connectivity index (χ0) is 12.6. The molecule has 0 bridgehead atoms. The molecule has 0 aromatic heterocycles. The Balaban J connectivity index is 2.37. The second-order valence-electron chi connectivity index (χ2n) is 3.07. The van der Waals surface area contributed by atoms with E-state index >= 15 is 0 Å². The highest BCUT2D eigenvalue weighted by Crippen LogP contribution is 2.22. The number of hydrogen-bond donors (Lipinski definition) is 1. The van der Waals surface area contributed by atoms with Gasteiger partial charge in [0.2, 0.25) is 0 Å². The van der Waals surface area contributed by atoms with Crippen molar-refractivity contribution in [1.29, 1.82) is 0 Å². The zero-order valence-electron chi connectivity index (χ0n) is 8.14. The summed E-state index contributed by atoms with van der Waals surface area (Å²) in [5, 5.41) is 6.08. The molecule has 0 atom stereocenters. The van der Waals surface area contributed by atoms with E-state index in [1.807, 2.05) is 0 Å². The molecule has 1 heterocycles. The minimum Gasteiger partial charge on any atom is -0.282 e. The molecule has 1 aromatic carbocycles. The van der Waals surface area contributed by atoms with E-state index in [0.29, 0.717) is 4.90 Å². The van der Waals surface area contributed by atoms with Crippen LogP contribution in [0, 0.1) is 0 Å². The number of urea groups is 2. The zero-order valence-corrected chi connectivity index (χ0v) is 8.96. The predicted molar refractivity (Wildman–Crippen MR) is 54.4 cm³/mol. The van der Waals surface area contributed by atoms with Gasteiger partial charge in [0.05, 0.1) is 10.6 Å². The quantitative estimate of drug-likeness (QED) is 0.802. The molecular weight excluding hydrogens is 250 g/mol. The first-order chi connectivity index (χ1) is 7.89. The third kappa shape index (κ3) is 2.05. The van der Waals surface area contributed by atoms with E-state index in [9.17, 15) is 18.0 Å². The summed E-state index contributed by atoms with van der Waals surface area (Å²) in [6, 6.07) is 2.79. The van der Waals surface area contributed by atoms with Gasteiger partial charge in [0, 0.05) is 0 Å². The third-order valence-electron chi connectivity index (χ3n) is 2.00. The summed E-state index contributed by atoms with van der Waals surface area (Å²) in [4.78, 5) is 22.6. The van der Waals surface area contributed by atoms with E-state index in [2.05, 4.69) is 10.2 Å². The maximum atomic E-state index is 11.1. The van der Waals surface area contributed by atoms with Gasteiger partial charge in [-0.25, -0.2) is 14.5 Å². The van der Waals surface area contributed by atoms with Gasteiger partial charge < -0.3 is 0 Å². The van der Waals surface area contributed by atoms with Crippen molar-refractivity contribution < 1.29 is 22.6 Å². The van der Waals surface area contributed by atoms with E-state index in [-0.39, 0.29) is 10.6 Å². The van der Waals surface area contributed by atoms with Crippen LogP contribution in [0.5, 0.6) is 0 Å². The van der Waals surface area contributed by atoms with Gasteiger partial charge in [-0.1, -0.05) is 10.2 Å². The summed E-state index contributed by atoms with van der Waals surface area (Å²) in [5.74, 6) is 0. The molecule has 8 nitrogen and oxygen atoms in total. The number of amides is 4. The fraction of sp³-hybridized carbons (Fsp3) is 0. The molecule has 0 unspecified atom stereocenters. The molecule has 0 spiro atoms. The maximum Gasteiger partial charge on any atom is 0.375 e. The smallest absolute Gasteiger partial charge is 0.282 e. The van der Waals surface area contributed by atoms with Crippen molar-refractivity contribution in [2.75, 3.05) is 4.90 Å². The number of carbonyl (C=O) groups excluding carboxylic acids is 2. The molecule has 0 fully saturated rings. The van der Waals surface area contributed by atoms with Crippen LogP contribution >= 0.6 is 0 Å². The molecule has 88 valence electrons. The third-order valence-corrected chi connectivity index (χ3v) is 2.86. The van der Waals surface area contributed by atoms with E-state index in [1.54, 1.807) is 0 Å². The molecule has 0 saturated carbocycles. The minimum atomic E-state index is -4.31. The highest BCUT2D eigenvalue weighted by Gasteiger charge is 2.29. The van der Waals surface area contributed by atoms with Gasteiger partial charge in [0.15, 0.2) is 0 Å². The summed E-state index contributed by atoms with van der Waals surface area (Å²) >= 11 is 0. The van der Waals surface area contributed by atoms with Crippen molar-refractivity contribution in [3.8, 4) is 0 Å². The van der Waals surface area contributed by atoms with Crippen molar-refractivity contribution >= 4 is 27.9 Å². The lowest BCUT2D eigenvalue weighted by atomic mass is 10.3. The van der Waals surface area contributed by atoms with Crippen LogP contribution in [0.4, 0.5) is 15.3 Å². The van der Waals surface area contributed by atoms with Crippen LogP contribution in [0.2, 0.25) is 0 Å². The summed E-state index contributed by atoms with van der Waals surface area (Å²) in [6.07, 6.45) is 0.